The molecule has 14 heavy (non-hydrogen) atoms. The van der Waals surface area contributed by atoms with Crippen molar-refractivity contribution in [2.45, 2.75) is 12.5 Å². The van der Waals surface area contributed by atoms with E-state index < -0.39 is 18.0 Å². The van der Waals surface area contributed by atoms with Crippen LogP contribution in [0.25, 0.3) is 0 Å². The van der Waals surface area contributed by atoms with Gasteiger partial charge in [-0.15, -0.1) is 6.58 Å². The van der Waals surface area contributed by atoms with Crippen molar-refractivity contribution in [3.8, 4) is 0 Å². The van der Waals surface area contributed by atoms with Gasteiger partial charge in [-0.25, -0.2) is 9.59 Å². The zero-order valence-electron chi connectivity index (χ0n) is 7.73. The minimum Gasteiger partial charge on any atom is -0.478 e. The second-order valence-corrected chi connectivity index (χ2v) is 2.48. The van der Waals surface area contributed by atoms with E-state index in [1.54, 1.807) is 0 Å². The fraction of sp³-hybridized carbons (Fsp3) is 0.200. The van der Waals surface area contributed by atoms with Crippen molar-refractivity contribution in [1.29, 1.82) is 0 Å². The van der Waals surface area contributed by atoms with Crippen LogP contribution in [0.1, 0.15) is 6.42 Å². The Labute approximate surface area is 82.2 Å². The van der Waals surface area contributed by atoms with Gasteiger partial charge in [-0.1, -0.05) is 19.2 Å². The van der Waals surface area contributed by atoms with Crippen LogP contribution in [-0.4, -0.2) is 23.1 Å². The highest BCUT2D eigenvalue weighted by Gasteiger charge is 2.20. The Kier molecular flexibility index (Phi) is 4.99. The molecular weight excluding hydrogens is 184 g/mol. The Bertz CT molecular complexity index is 278. The number of carbonyl (C=O) groups is 2. The van der Waals surface area contributed by atoms with Gasteiger partial charge in [0, 0.05) is 12.5 Å². The van der Waals surface area contributed by atoms with Crippen molar-refractivity contribution in [3.63, 3.8) is 0 Å². The normalized spacial score (nSPS) is 11.1. The number of hydrogen-bond donors (Lipinski definition) is 1. The van der Waals surface area contributed by atoms with E-state index in [9.17, 15) is 9.59 Å². The number of esters is 1. The predicted molar refractivity (Wildman–Crippen MR) is 51.7 cm³/mol. The number of carboxylic acids is 1. The Morgan fingerprint density at radius 2 is 2.00 bits per heavy atom. The van der Waals surface area contributed by atoms with Gasteiger partial charge in [0.25, 0.3) is 0 Å². The van der Waals surface area contributed by atoms with Crippen molar-refractivity contribution < 1.29 is 19.4 Å². The molecule has 0 amide bonds. The smallest absolute Gasteiger partial charge is 0.334 e. The quantitative estimate of drug-likeness (QED) is 0.395. The van der Waals surface area contributed by atoms with E-state index in [2.05, 4.69) is 19.7 Å². The number of rotatable bonds is 6. The van der Waals surface area contributed by atoms with E-state index in [1.807, 2.05) is 0 Å². The average molecular weight is 196 g/mol. The lowest BCUT2D eigenvalue weighted by atomic mass is 10.1. The maximum atomic E-state index is 10.8. The van der Waals surface area contributed by atoms with Crippen LogP contribution >= 0.6 is 0 Å². The number of aliphatic carboxylic acids is 1. The van der Waals surface area contributed by atoms with Crippen molar-refractivity contribution in [2.75, 3.05) is 0 Å². The van der Waals surface area contributed by atoms with Gasteiger partial charge in [0.1, 0.15) is 6.10 Å². The number of ether oxygens (including phenoxy) is 1. The van der Waals surface area contributed by atoms with Crippen LogP contribution in [0.4, 0.5) is 0 Å². The van der Waals surface area contributed by atoms with Crippen LogP contribution in [0.15, 0.2) is 37.5 Å². The molecule has 0 saturated heterocycles. The Balaban J connectivity index is 4.50. The van der Waals surface area contributed by atoms with E-state index in [4.69, 9.17) is 9.84 Å². The first kappa shape index (κ1) is 12.2. The fourth-order valence-corrected chi connectivity index (χ4v) is 0.739. The van der Waals surface area contributed by atoms with Gasteiger partial charge in [0.05, 0.1) is 5.57 Å². The Morgan fingerprint density at radius 1 is 1.43 bits per heavy atom. The first-order chi connectivity index (χ1) is 6.52. The third-order valence-corrected chi connectivity index (χ3v) is 1.47. The molecule has 0 rings (SSSR count). The molecule has 1 atom stereocenters. The largest absolute Gasteiger partial charge is 0.478 e. The molecule has 0 aliphatic carbocycles. The standard InChI is InChI=1S/C10H12O4/c1-4-6-8(7(3)10(12)13)14-9(11)5-2/h4-5,8H,1-3,6H2,(H,12,13). The van der Waals surface area contributed by atoms with Crippen molar-refractivity contribution in [2.24, 2.45) is 0 Å². The summed E-state index contributed by atoms with van der Waals surface area (Å²) in [5, 5.41) is 8.61. The summed E-state index contributed by atoms with van der Waals surface area (Å²) in [7, 11) is 0. The second kappa shape index (κ2) is 5.75. The molecule has 0 heterocycles. The number of carboxylic acid groups (broad SMARTS) is 1. The molecule has 1 unspecified atom stereocenters. The monoisotopic (exact) mass is 196 g/mol. The summed E-state index contributed by atoms with van der Waals surface area (Å²) < 4.78 is 4.75. The second-order valence-electron chi connectivity index (χ2n) is 2.48. The van der Waals surface area contributed by atoms with Crippen LogP contribution in [0.2, 0.25) is 0 Å². The van der Waals surface area contributed by atoms with Crippen molar-refractivity contribution in [3.05, 3.63) is 37.5 Å². The third-order valence-electron chi connectivity index (χ3n) is 1.47. The van der Waals surface area contributed by atoms with Gasteiger partial charge in [-0.3, -0.25) is 0 Å². The topological polar surface area (TPSA) is 63.6 Å². The average Bonchev–Trinajstić information content (AvgIpc) is 2.15. The fourth-order valence-electron chi connectivity index (χ4n) is 0.739. The molecule has 0 aromatic heterocycles. The highest BCUT2D eigenvalue weighted by molar-refractivity contribution is 5.88. The van der Waals surface area contributed by atoms with Crippen LogP contribution in [0, 0.1) is 0 Å². The van der Waals surface area contributed by atoms with Gasteiger partial charge in [-0.2, -0.15) is 0 Å². The van der Waals surface area contributed by atoms with E-state index in [1.165, 1.54) is 6.08 Å². The molecule has 0 fully saturated rings. The summed E-state index contributed by atoms with van der Waals surface area (Å²) in [6.45, 7) is 9.93. The van der Waals surface area contributed by atoms with Gasteiger partial charge < -0.3 is 9.84 Å². The lowest BCUT2D eigenvalue weighted by Crippen LogP contribution is -2.22. The molecule has 76 valence electrons. The molecule has 4 nitrogen and oxygen atoms in total. The molecule has 4 heteroatoms. The van der Waals surface area contributed by atoms with Crippen LogP contribution in [0.5, 0.6) is 0 Å². The predicted octanol–water partition coefficient (Wildman–Crippen LogP) is 1.30. The maximum Gasteiger partial charge on any atom is 0.334 e. The summed E-state index contributed by atoms with van der Waals surface area (Å²) in [6.07, 6.45) is 1.75. The molecular formula is C10H12O4. The van der Waals surface area contributed by atoms with Gasteiger partial charge in [-0.05, 0) is 0 Å². The first-order valence-electron chi connectivity index (χ1n) is 3.89. The molecule has 1 N–H and O–H groups in total. The molecule has 0 spiro atoms. The molecule has 0 aliphatic rings. The molecule has 0 aromatic carbocycles. The summed E-state index contributed by atoms with van der Waals surface area (Å²) in [5.41, 5.74) is -0.180. The highest BCUT2D eigenvalue weighted by Crippen LogP contribution is 2.10. The van der Waals surface area contributed by atoms with Crippen LogP contribution in [0.3, 0.4) is 0 Å². The summed E-state index contributed by atoms with van der Waals surface area (Å²) in [4.78, 5) is 21.3. The lowest BCUT2D eigenvalue weighted by Gasteiger charge is -2.14. The number of hydrogen-bond acceptors (Lipinski definition) is 3. The SMILES string of the molecule is C=CCC(OC(=O)C=C)C(=C)C(=O)O. The highest BCUT2D eigenvalue weighted by atomic mass is 16.5. The van der Waals surface area contributed by atoms with Crippen molar-refractivity contribution >= 4 is 11.9 Å². The molecule has 0 saturated carbocycles. The molecule has 0 bridgehead atoms. The lowest BCUT2D eigenvalue weighted by molar-refractivity contribution is -0.143. The Hall–Kier alpha value is -1.84. The molecule has 0 aliphatic heterocycles. The van der Waals surface area contributed by atoms with Gasteiger partial charge in [0.2, 0.25) is 0 Å². The van der Waals surface area contributed by atoms with Gasteiger partial charge in [0.15, 0.2) is 0 Å². The van der Waals surface area contributed by atoms with E-state index in [0.29, 0.717) is 0 Å². The van der Waals surface area contributed by atoms with Crippen LogP contribution < -0.4 is 0 Å². The number of carbonyl (C=O) groups excluding carboxylic acids is 1. The van der Waals surface area contributed by atoms with E-state index >= 15 is 0 Å². The van der Waals surface area contributed by atoms with E-state index in [-0.39, 0.29) is 12.0 Å². The molecule has 0 radical (unpaired) electrons. The van der Waals surface area contributed by atoms with E-state index in [0.717, 1.165) is 6.08 Å². The summed E-state index contributed by atoms with van der Waals surface area (Å²) in [6, 6.07) is 0. The minimum atomic E-state index is -1.20. The summed E-state index contributed by atoms with van der Waals surface area (Å²) >= 11 is 0. The third kappa shape index (κ3) is 3.71. The van der Waals surface area contributed by atoms with Crippen molar-refractivity contribution in [1.82, 2.24) is 0 Å². The minimum absolute atomic E-state index is 0.180. The zero-order valence-corrected chi connectivity index (χ0v) is 7.73. The molecule has 0 aromatic rings. The first-order valence-corrected chi connectivity index (χ1v) is 3.89. The van der Waals surface area contributed by atoms with Gasteiger partial charge >= 0.3 is 11.9 Å². The Morgan fingerprint density at radius 3 is 2.36 bits per heavy atom. The maximum absolute atomic E-state index is 10.8. The zero-order chi connectivity index (χ0) is 11.1. The van der Waals surface area contributed by atoms with Crippen LogP contribution in [-0.2, 0) is 14.3 Å². The summed E-state index contributed by atoms with van der Waals surface area (Å²) in [5.74, 6) is -1.88.